The molecule has 0 aromatic heterocycles. The van der Waals surface area contributed by atoms with Crippen molar-refractivity contribution in [3.8, 4) is 0 Å². The fraction of sp³-hybridized carbons (Fsp3) is 0.364. The van der Waals surface area contributed by atoms with Crippen molar-refractivity contribution in [3.63, 3.8) is 0 Å². The van der Waals surface area contributed by atoms with Gasteiger partial charge in [-0.25, -0.2) is 4.79 Å². The van der Waals surface area contributed by atoms with Gasteiger partial charge in [-0.05, 0) is 44.2 Å². The Morgan fingerprint density at radius 3 is 2.64 bits per heavy atom. The van der Waals surface area contributed by atoms with Gasteiger partial charge >= 0.3 is 5.97 Å². The number of aryl methyl sites for hydroxylation is 1. The van der Waals surface area contributed by atoms with Gasteiger partial charge in [-0.2, -0.15) is 0 Å². The molecule has 2 N–H and O–H groups in total. The molecule has 0 unspecified atom stereocenters. The minimum Gasteiger partial charge on any atom is -0.478 e. The van der Waals surface area contributed by atoms with Gasteiger partial charge in [0.15, 0.2) is 0 Å². The molecule has 3 nitrogen and oxygen atoms in total. The Hall–Kier alpha value is -1.35. The van der Waals surface area contributed by atoms with Gasteiger partial charge in [0.05, 0.1) is 5.56 Å². The Morgan fingerprint density at radius 2 is 2.14 bits per heavy atom. The molecular formula is C11H15NO2. The average molecular weight is 193 g/mol. The van der Waals surface area contributed by atoms with Crippen molar-refractivity contribution in [3.05, 3.63) is 34.9 Å². The van der Waals surface area contributed by atoms with Gasteiger partial charge in [0.1, 0.15) is 0 Å². The molecule has 0 radical (unpaired) electrons. The number of rotatable bonds is 3. The van der Waals surface area contributed by atoms with E-state index < -0.39 is 5.97 Å². The van der Waals surface area contributed by atoms with Crippen molar-refractivity contribution in [1.29, 1.82) is 0 Å². The number of carboxylic acids is 1. The van der Waals surface area contributed by atoms with Gasteiger partial charge in [0, 0.05) is 6.04 Å². The second kappa shape index (κ2) is 4.24. The third kappa shape index (κ3) is 2.12. The van der Waals surface area contributed by atoms with Gasteiger partial charge in [0.25, 0.3) is 0 Å². The number of hydrogen-bond donors (Lipinski definition) is 2. The number of aromatic carboxylic acids is 1. The lowest BCUT2D eigenvalue weighted by Gasteiger charge is -2.14. The molecule has 0 fully saturated rings. The van der Waals surface area contributed by atoms with Crippen LogP contribution in [0.3, 0.4) is 0 Å². The van der Waals surface area contributed by atoms with E-state index in [4.69, 9.17) is 5.11 Å². The van der Waals surface area contributed by atoms with Crippen LogP contribution < -0.4 is 5.32 Å². The lowest BCUT2D eigenvalue weighted by Crippen LogP contribution is -2.14. The smallest absolute Gasteiger partial charge is 0.335 e. The zero-order chi connectivity index (χ0) is 10.7. The van der Waals surface area contributed by atoms with Crippen LogP contribution in [0.25, 0.3) is 0 Å². The maximum absolute atomic E-state index is 10.8. The van der Waals surface area contributed by atoms with Crippen molar-refractivity contribution in [2.45, 2.75) is 19.9 Å². The minimum atomic E-state index is -0.880. The minimum absolute atomic E-state index is 0.175. The topological polar surface area (TPSA) is 49.3 Å². The van der Waals surface area contributed by atoms with Gasteiger partial charge in [-0.15, -0.1) is 0 Å². The standard InChI is InChI=1S/C11H15NO2/c1-7-4-5-9(11(13)14)6-10(7)8(2)12-3/h4-6,8,12H,1-3H3,(H,13,14)/t8-/m0/s1. The van der Waals surface area contributed by atoms with E-state index in [0.717, 1.165) is 11.1 Å². The summed E-state index contributed by atoms with van der Waals surface area (Å²) in [7, 11) is 1.86. The third-order valence-corrected chi connectivity index (χ3v) is 2.43. The monoisotopic (exact) mass is 193 g/mol. The molecule has 0 aliphatic heterocycles. The van der Waals surface area contributed by atoms with Gasteiger partial charge < -0.3 is 10.4 Å². The SMILES string of the molecule is CN[C@@H](C)c1cc(C(=O)O)ccc1C. The van der Waals surface area contributed by atoms with Crippen LogP contribution in [0, 0.1) is 6.92 Å². The van der Waals surface area contributed by atoms with Crippen LogP contribution in [0.2, 0.25) is 0 Å². The highest BCUT2D eigenvalue weighted by Crippen LogP contribution is 2.18. The largest absolute Gasteiger partial charge is 0.478 e. The Balaban J connectivity index is 3.14. The second-order valence-corrected chi connectivity index (χ2v) is 3.39. The molecule has 0 saturated carbocycles. The highest BCUT2D eigenvalue weighted by molar-refractivity contribution is 5.87. The molecule has 0 spiro atoms. The third-order valence-electron chi connectivity index (χ3n) is 2.43. The van der Waals surface area contributed by atoms with Crippen LogP contribution >= 0.6 is 0 Å². The maximum atomic E-state index is 10.8. The molecule has 0 heterocycles. The first-order valence-corrected chi connectivity index (χ1v) is 4.57. The average Bonchev–Trinajstić information content (AvgIpc) is 2.17. The van der Waals surface area contributed by atoms with Crippen LogP contribution in [0.15, 0.2) is 18.2 Å². The second-order valence-electron chi connectivity index (χ2n) is 3.39. The lowest BCUT2D eigenvalue weighted by molar-refractivity contribution is 0.0696. The highest BCUT2D eigenvalue weighted by Gasteiger charge is 2.09. The van der Waals surface area contributed by atoms with Crippen molar-refractivity contribution >= 4 is 5.97 Å². The first-order chi connectivity index (χ1) is 6.56. The first-order valence-electron chi connectivity index (χ1n) is 4.57. The molecule has 3 heteroatoms. The fourth-order valence-corrected chi connectivity index (χ4v) is 1.40. The van der Waals surface area contributed by atoms with Gasteiger partial charge in [-0.1, -0.05) is 6.07 Å². The Bertz CT molecular complexity index is 347. The number of carbonyl (C=O) groups is 1. The first kappa shape index (κ1) is 10.7. The van der Waals surface area contributed by atoms with Crippen LogP contribution in [-0.4, -0.2) is 18.1 Å². The Morgan fingerprint density at radius 1 is 1.50 bits per heavy atom. The predicted octanol–water partition coefficient (Wildman–Crippen LogP) is 1.97. The van der Waals surface area contributed by atoms with Crippen molar-refractivity contribution in [2.24, 2.45) is 0 Å². The van der Waals surface area contributed by atoms with E-state index in [1.54, 1.807) is 12.1 Å². The lowest BCUT2D eigenvalue weighted by atomic mass is 10.00. The molecular weight excluding hydrogens is 178 g/mol. The van der Waals surface area contributed by atoms with Crippen LogP contribution in [0.5, 0.6) is 0 Å². The summed E-state index contributed by atoms with van der Waals surface area (Å²) in [6.07, 6.45) is 0. The van der Waals surface area contributed by atoms with Crippen molar-refractivity contribution < 1.29 is 9.90 Å². The molecule has 0 bridgehead atoms. The number of nitrogens with one attached hydrogen (secondary N) is 1. The van der Waals surface area contributed by atoms with E-state index in [1.165, 1.54) is 0 Å². The zero-order valence-electron chi connectivity index (χ0n) is 8.66. The van der Waals surface area contributed by atoms with E-state index in [0.29, 0.717) is 5.56 Å². The molecule has 1 aromatic carbocycles. The molecule has 76 valence electrons. The summed E-state index contributed by atoms with van der Waals surface area (Å²) < 4.78 is 0. The predicted molar refractivity (Wildman–Crippen MR) is 55.6 cm³/mol. The molecule has 1 atom stereocenters. The summed E-state index contributed by atoms with van der Waals surface area (Å²) in [6, 6.07) is 5.36. The molecule has 1 rings (SSSR count). The van der Waals surface area contributed by atoms with Crippen molar-refractivity contribution in [1.82, 2.24) is 5.32 Å². The van der Waals surface area contributed by atoms with Crippen LogP contribution in [-0.2, 0) is 0 Å². The van der Waals surface area contributed by atoms with Crippen LogP contribution in [0.1, 0.15) is 34.5 Å². The molecule has 0 aliphatic carbocycles. The molecule has 0 aliphatic rings. The van der Waals surface area contributed by atoms with E-state index in [2.05, 4.69) is 5.32 Å². The molecule has 0 saturated heterocycles. The van der Waals surface area contributed by atoms with E-state index in [9.17, 15) is 4.79 Å². The van der Waals surface area contributed by atoms with E-state index >= 15 is 0 Å². The number of hydrogen-bond acceptors (Lipinski definition) is 2. The highest BCUT2D eigenvalue weighted by atomic mass is 16.4. The Labute approximate surface area is 83.8 Å². The summed E-state index contributed by atoms with van der Waals surface area (Å²) >= 11 is 0. The van der Waals surface area contributed by atoms with E-state index in [1.807, 2.05) is 27.0 Å². The Kier molecular flexibility index (Phi) is 3.25. The normalized spacial score (nSPS) is 12.5. The number of benzene rings is 1. The zero-order valence-corrected chi connectivity index (χ0v) is 8.66. The van der Waals surface area contributed by atoms with Crippen LogP contribution in [0.4, 0.5) is 0 Å². The summed E-state index contributed by atoms with van der Waals surface area (Å²) in [5, 5.41) is 11.9. The van der Waals surface area contributed by atoms with E-state index in [-0.39, 0.29) is 6.04 Å². The molecule has 14 heavy (non-hydrogen) atoms. The number of carboxylic acid groups (broad SMARTS) is 1. The summed E-state index contributed by atoms with van der Waals surface area (Å²) in [6.45, 7) is 3.99. The van der Waals surface area contributed by atoms with Crippen molar-refractivity contribution in [2.75, 3.05) is 7.05 Å². The molecule has 0 amide bonds. The summed E-state index contributed by atoms with van der Waals surface area (Å²) in [5.41, 5.74) is 2.48. The van der Waals surface area contributed by atoms with Gasteiger partial charge in [-0.3, -0.25) is 0 Å². The molecule has 1 aromatic rings. The maximum Gasteiger partial charge on any atom is 0.335 e. The summed E-state index contributed by atoms with van der Waals surface area (Å²) in [5.74, 6) is -0.880. The quantitative estimate of drug-likeness (QED) is 0.771. The fourth-order valence-electron chi connectivity index (χ4n) is 1.40. The van der Waals surface area contributed by atoms with Gasteiger partial charge in [0.2, 0.25) is 0 Å². The summed E-state index contributed by atoms with van der Waals surface area (Å²) in [4.78, 5) is 10.8.